The molecule has 1 N–H and O–H groups in total. The van der Waals surface area contributed by atoms with Crippen molar-refractivity contribution in [2.45, 2.75) is 43.5 Å². The summed E-state index contributed by atoms with van der Waals surface area (Å²) in [6, 6.07) is 0.670. The maximum atomic E-state index is 4.45. The molecule has 0 spiro atoms. The zero-order valence-electron chi connectivity index (χ0n) is 12.5. The number of aromatic nitrogens is 2. The third-order valence-corrected chi connectivity index (χ3v) is 5.09. The van der Waals surface area contributed by atoms with E-state index in [1.54, 1.807) is 0 Å². The summed E-state index contributed by atoms with van der Waals surface area (Å²) in [5.41, 5.74) is 1.26. The average molecular weight is 282 g/mol. The van der Waals surface area contributed by atoms with E-state index in [2.05, 4.69) is 28.2 Å². The van der Waals surface area contributed by atoms with Gasteiger partial charge in [-0.2, -0.15) is 11.8 Å². The van der Waals surface area contributed by atoms with Crippen molar-refractivity contribution in [3.05, 3.63) is 11.9 Å². The van der Waals surface area contributed by atoms with Crippen LogP contribution in [0.5, 0.6) is 0 Å². The van der Waals surface area contributed by atoms with Crippen LogP contribution in [0, 0.1) is 0 Å². The van der Waals surface area contributed by atoms with Crippen molar-refractivity contribution in [2.24, 2.45) is 7.05 Å². The Bertz CT molecular complexity index is 402. The number of nitrogens with one attached hydrogen (secondary N) is 1. The van der Waals surface area contributed by atoms with Crippen LogP contribution < -0.4 is 10.2 Å². The molecule has 1 aliphatic rings. The quantitative estimate of drug-likeness (QED) is 0.898. The Morgan fingerprint density at radius 2 is 2.26 bits per heavy atom. The number of hydrogen-bond acceptors (Lipinski definition) is 4. The average Bonchev–Trinajstić information content (AvgIpc) is 2.78. The molecule has 19 heavy (non-hydrogen) atoms. The maximum Gasteiger partial charge on any atom is 0.204 e. The van der Waals surface area contributed by atoms with E-state index < -0.39 is 0 Å². The molecular formula is C14H26N4S. The second-order valence-corrected chi connectivity index (χ2v) is 6.74. The predicted molar refractivity (Wildman–Crippen MR) is 83.9 cm³/mol. The Hall–Kier alpha value is -0.680. The first-order valence-corrected chi connectivity index (χ1v) is 8.34. The van der Waals surface area contributed by atoms with Gasteiger partial charge >= 0.3 is 0 Å². The lowest BCUT2D eigenvalue weighted by atomic mass is 9.95. The molecule has 4 nitrogen and oxygen atoms in total. The van der Waals surface area contributed by atoms with Gasteiger partial charge in [0.2, 0.25) is 5.95 Å². The highest BCUT2D eigenvalue weighted by Gasteiger charge is 2.21. The summed E-state index contributed by atoms with van der Waals surface area (Å²) in [6.07, 6.45) is 9.58. The molecule has 108 valence electrons. The lowest BCUT2D eigenvalue weighted by Gasteiger charge is -2.28. The van der Waals surface area contributed by atoms with Crippen molar-refractivity contribution in [1.82, 2.24) is 14.9 Å². The van der Waals surface area contributed by atoms with E-state index in [1.807, 2.05) is 37.0 Å². The molecule has 5 heteroatoms. The minimum absolute atomic E-state index is 0.670. The van der Waals surface area contributed by atoms with Gasteiger partial charge in [-0.25, -0.2) is 4.98 Å². The first kappa shape index (κ1) is 14.7. The molecule has 0 bridgehead atoms. The fraction of sp³-hybridized carbons (Fsp3) is 0.786. The van der Waals surface area contributed by atoms with Crippen LogP contribution in [0.25, 0.3) is 0 Å². The Balaban J connectivity index is 1.88. The Morgan fingerprint density at radius 1 is 1.47 bits per heavy atom. The molecule has 2 unspecified atom stereocenters. The van der Waals surface area contributed by atoms with Crippen LogP contribution in [0.3, 0.4) is 0 Å². The topological polar surface area (TPSA) is 33.1 Å². The standard InChI is InChI=1S/C14H26N4S/c1-17(2)14-16-10-12(18(14)3)9-15-11-6-5-7-13(8-11)19-4/h10-11,13,15H,5-9H2,1-4H3. The second-order valence-electron chi connectivity index (χ2n) is 5.61. The lowest BCUT2D eigenvalue weighted by molar-refractivity contribution is 0.377. The van der Waals surface area contributed by atoms with Crippen molar-refractivity contribution < 1.29 is 0 Å². The molecule has 1 fully saturated rings. The Morgan fingerprint density at radius 3 is 2.89 bits per heavy atom. The zero-order valence-corrected chi connectivity index (χ0v) is 13.3. The molecule has 2 rings (SSSR count). The van der Waals surface area contributed by atoms with Crippen molar-refractivity contribution in [3.63, 3.8) is 0 Å². The number of nitrogens with zero attached hydrogens (tertiary/aromatic N) is 3. The van der Waals surface area contributed by atoms with E-state index in [1.165, 1.54) is 31.4 Å². The van der Waals surface area contributed by atoms with E-state index in [0.717, 1.165) is 17.7 Å². The molecule has 0 aromatic carbocycles. The molecular weight excluding hydrogens is 256 g/mol. The summed E-state index contributed by atoms with van der Waals surface area (Å²) in [6.45, 7) is 0.920. The smallest absolute Gasteiger partial charge is 0.204 e. The molecule has 0 amide bonds. The van der Waals surface area contributed by atoms with Crippen molar-refractivity contribution in [2.75, 3.05) is 25.3 Å². The minimum atomic E-state index is 0.670. The van der Waals surface area contributed by atoms with E-state index in [0.29, 0.717) is 6.04 Å². The largest absolute Gasteiger partial charge is 0.348 e. The third-order valence-electron chi connectivity index (χ3n) is 3.99. The van der Waals surface area contributed by atoms with Gasteiger partial charge in [0, 0.05) is 39.0 Å². The highest BCUT2D eigenvalue weighted by Crippen LogP contribution is 2.27. The van der Waals surface area contributed by atoms with Crippen LogP contribution in [0.2, 0.25) is 0 Å². The molecule has 1 aromatic rings. The fourth-order valence-corrected chi connectivity index (χ4v) is 3.63. The third kappa shape index (κ3) is 3.66. The van der Waals surface area contributed by atoms with E-state index in [-0.39, 0.29) is 0 Å². The van der Waals surface area contributed by atoms with Crippen molar-refractivity contribution in [3.8, 4) is 0 Å². The Kier molecular flexibility index (Phi) is 5.16. The minimum Gasteiger partial charge on any atom is -0.348 e. The molecule has 1 aliphatic carbocycles. The van der Waals surface area contributed by atoms with Gasteiger partial charge in [-0.1, -0.05) is 6.42 Å². The van der Waals surface area contributed by atoms with Crippen LogP contribution in [0.15, 0.2) is 6.20 Å². The molecule has 2 atom stereocenters. The number of thioether (sulfide) groups is 1. The molecule has 1 aromatic heterocycles. The van der Waals surface area contributed by atoms with Crippen molar-refractivity contribution >= 4 is 17.7 Å². The van der Waals surface area contributed by atoms with Gasteiger partial charge in [-0.15, -0.1) is 0 Å². The molecule has 1 heterocycles. The molecule has 1 saturated carbocycles. The van der Waals surface area contributed by atoms with Gasteiger partial charge in [-0.3, -0.25) is 0 Å². The summed E-state index contributed by atoms with van der Waals surface area (Å²) in [7, 11) is 6.15. The van der Waals surface area contributed by atoms with Gasteiger partial charge in [-0.05, 0) is 25.5 Å². The second kappa shape index (κ2) is 6.66. The lowest BCUT2D eigenvalue weighted by Crippen LogP contribution is -2.35. The van der Waals surface area contributed by atoms with Crippen LogP contribution in [-0.2, 0) is 13.6 Å². The molecule has 0 aliphatic heterocycles. The van der Waals surface area contributed by atoms with Gasteiger partial charge < -0.3 is 14.8 Å². The van der Waals surface area contributed by atoms with E-state index in [9.17, 15) is 0 Å². The summed E-state index contributed by atoms with van der Waals surface area (Å²) >= 11 is 2.02. The van der Waals surface area contributed by atoms with Crippen LogP contribution in [0.4, 0.5) is 5.95 Å². The monoisotopic (exact) mass is 282 g/mol. The molecule has 0 radical (unpaired) electrons. The summed E-state index contributed by atoms with van der Waals surface area (Å²) in [5, 5.41) is 4.55. The highest BCUT2D eigenvalue weighted by atomic mass is 32.2. The van der Waals surface area contributed by atoms with Crippen LogP contribution in [0.1, 0.15) is 31.4 Å². The number of anilines is 1. The number of imidazole rings is 1. The SMILES string of the molecule is CSC1CCCC(NCc2cnc(N(C)C)n2C)C1. The fourth-order valence-electron chi connectivity index (χ4n) is 2.81. The number of rotatable bonds is 5. The summed E-state index contributed by atoms with van der Waals surface area (Å²) in [4.78, 5) is 6.50. The van der Waals surface area contributed by atoms with E-state index >= 15 is 0 Å². The molecule has 0 saturated heterocycles. The first-order valence-electron chi connectivity index (χ1n) is 7.06. The van der Waals surface area contributed by atoms with Gasteiger partial charge in [0.25, 0.3) is 0 Å². The number of hydrogen-bond donors (Lipinski definition) is 1. The Labute approximate surface area is 121 Å². The normalized spacial score (nSPS) is 23.6. The summed E-state index contributed by atoms with van der Waals surface area (Å²) in [5.74, 6) is 1.02. The van der Waals surface area contributed by atoms with Crippen LogP contribution in [-0.4, -0.2) is 41.2 Å². The zero-order chi connectivity index (χ0) is 13.8. The summed E-state index contributed by atoms with van der Waals surface area (Å²) < 4.78 is 2.17. The van der Waals surface area contributed by atoms with Gasteiger partial charge in [0.1, 0.15) is 0 Å². The maximum absolute atomic E-state index is 4.45. The van der Waals surface area contributed by atoms with Gasteiger partial charge in [0.15, 0.2) is 0 Å². The van der Waals surface area contributed by atoms with Gasteiger partial charge in [0.05, 0.1) is 11.9 Å². The van der Waals surface area contributed by atoms with Crippen LogP contribution >= 0.6 is 11.8 Å². The first-order chi connectivity index (χ1) is 9.11. The van der Waals surface area contributed by atoms with Crippen molar-refractivity contribution in [1.29, 1.82) is 0 Å². The van der Waals surface area contributed by atoms with E-state index in [4.69, 9.17) is 0 Å². The predicted octanol–water partition coefficient (Wildman–Crippen LogP) is 2.25. The highest BCUT2D eigenvalue weighted by molar-refractivity contribution is 7.99.